The Labute approximate surface area is 224 Å². The number of halogens is 2. The fraction of sp³-hybridized carbons (Fsp3) is 0.296. The molecular formula is C27H27ClFN7O2. The molecule has 2 aromatic carbocycles. The van der Waals surface area contributed by atoms with E-state index in [2.05, 4.69) is 43.6 Å². The molecule has 0 aliphatic carbocycles. The predicted octanol–water partition coefficient (Wildman–Crippen LogP) is 4.92. The summed E-state index contributed by atoms with van der Waals surface area (Å²) in [6, 6.07) is 4.11. The highest BCUT2D eigenvalue weighted by Gasteiger charge is 2.25. The minimum Gasteiger partial charge on any atom is -0.495 e. The summed E-state index contributed by atoms with van der Waals surface area (Å²) in [5.41, 5.74) is 11.8. The van der Waals surface area contributed by atoms with E-state index in [0.717, 1.165) is 30.8 Å². The molecule has 0 unspecified atom stereocenters. The lowest BCUT2D eigenvalue weighted by Crippen LogP contribution is -2.26. The first kappa shape index (κ1) is 24.4. The van der Waals surface area contributed by atoms with Gasteiger partial charge in [-0.25, -0.2) is 19.3 Å². The van der Waals surface area contributed by atoms with Crippen molar-refractivity contribution in [2.75, 3.05) is 50.2 Å². The number of ether oxygens (including phenoxy) is 2. The Morgan fingerprint density at radius 1 is 1.24 bits per heavy atom. The van der Waals surface area contributed by atoms with E-state index in [1.165, 1.54) is 17.3 Å². The molecule has 0 spiro atoms. The van der Waals surface area contributed by atoms with Gasteiger partial charge in [-0.05, 0) is 49.2 Å². The minimum atomic E-state index is -0.645. The van der Waals surface area contributed by atoms with Crippen LogP contribution in [0.4, 0.5) is 27.4 Å². The average Bonchev–Trinajstić information content (AvgIpc) is 2.93. The van der Waals surface area contributed by atoms with Crippen molar-refractivity contribution in [2.24, 2.45) is 0 Å². The van der Waals surface area contributed by atoms with Crippen LogP contribution in [0.3, 0.4) is 0 Å². The highest BCUT2D eigenvalue weighted by atomic mass is 35.5. The van der Waals surface area contributed by atoms with Crippen LogP contribution in [0.2, 0.25) is 5.02 Å². The fourth-order valence-corrected chi connectivity index (χ4v) is 5.43. The molecule has 2 aliphatic rings. The normalized spacial score (nSPS) is 14.9. The van der Waals surface area contributed by atoms with E-state index in [0.29, 0.717) is 46.9 Å². The number of benzene rings is 2. The zero-order chi connectivity index (χ0) is 26.6. The maximum Gasteiger partial charge on any atom is 0.237 e. The number of hydrogen-bond donors (Lipinski definition) is 3. The van der Waals surface area contributed by atoms with Gasteiger partial charge < -0.3 is 30.7 Å². The third kappa shape index (κ3) is 4.00. The van der Waals surface area contributed by atoms with Gasteiger partial charge in [-0.2, -0.15) is 0 Å². The number of pyridine rings is 1. The summed E-state index contributed by atoms with van der Waals surface area (Å²) in [5.74, 6) is 0.803. The number of likely N-dealkylation sites (N-methyl/N-ethyl adjacent to an activating group) is 1. The smallest absolute Gasteiger partial charge is 0.237 e. The molecule has 2 aliphatic heterocycles. The lowest BCUT2D eigenvalue weighted by molar-refractivity contribution is 0.310. The third-order valence-electron chi connectivity index (χ3n) is 7.15. The lowest BCUT2D eigenvalue weighted by atomic mass is 9.98. The van der Waals surface area contributed by atoms with Crippen LogP contribution in [-0.2, 0) is 13.0 Å². The maximum atomic E-state index is 15.6. The molecule has 0 bridgehead atoms. The van der Waals surface area contributed by atoms with Gasteiger partial charge in [0.15, 0.2) is 5.82 Å². The van der Waals surface area contributed by atoms with Crippen molar-refractivity contribution in [3.63, 3.8) is 0 Å². The molecule has 0 fully saturated rings. The van der Waals surface area contributed by atoms with Crippen LogP contribution in [0.1, 0.15) is 16.7 Å². The Bertz CT molecular complexity index is 1600. The van der Waals surface area contributed by atoms with Crippen molar-refractivity contribution in [3.8, 4) is 22.8 Å². The van der Waals surface area contributed by atoms with Crippen LogP contribution >= 0.6 is 11.6 Å². The van der Waals surface area contributed by atoms with Gasteiger partial charge in [0.2, 0.25) is 11.8 Å². The van der Waals surface area contributed by atoms with E-state index >= 15 is 4.39 Å². The highest BCUT2D eigenvalue weighted by Crippen LogP contribution is 2.44. The molecule has 11 heteroatoms. The predicted molar refractivity (Wildman–Crippen MR) is 147 cm³/mol. The van der Waals surface area contributed by atoms with Gasteiger partial charge in [-0.15, -0.1) is 0 Å². The van der Waals surface area contributed by atoms with Crippen LogP contribution in [0, 0.1) is 12.7 Å². The molecule has 0 saturated carbocycles. The van der Waals surface area contributed by atoms with Crippen LogP contribution < -0.4 is 25.8 Å². The molecule has 0 saturated heterocycles. The number of hydrogen-bond acceptors (Lipinski definition) is 9. The van der Waals surface area contributed by atoms with Gasteiger partial charge in [-0.1, -0.05) is 11.6 Å². The van der Waals surface area contributed by atoms with Gasteiger partial charge in [0.05, 0.1) is 29.0 Å². The Morgan fingerprint density at radius 2 is 2.08 bits per heavy atom. The minimum absolute atomic E-state index is 0.0818. The highest BCUT2D eigenvalue weighted by molar-refractivity contribution is 6.38. The second-order valence-corrected chi connectivity index (χ2v) is 9.94. The Kier molecular flexibility index (Phi) is 6.08. The number of nitrogens with one attached hydrogen (secondary N) is 2. The van der Waals surface area contributed by atoms with Gasteiger partial charge in [0.1, 0.15) is 18.0 Å². The number of anilines is 4. The summed E-state index contributed by atoms with van der Waals surface area (Å²) < 4.78 is 26.9. The number of fused-ring (bicyclic) bond motifs is 3. The number of aromatic nitrogens is 3. The zero-order valence-corrected chi connectivity index (χ0v) is 22.0. The SMILES string of the molecule is COc1cc2c(cc1Nc1ncc3c(N)c(F)c(-c4cnc5c(c4C)NCCO5)c(Cl)c3n1)CN(C)CC2. The van der Waals surface area contributed by atoms with Crippen molar-refractivity contribution < 1.29 is 13.9 Å². The van der Waals surface area contributed by atoms with E-state index < -0.39 is 5.82 Å². The van der Waals surface area contributed by atoms with Crippen molar-refractivity contribution in [2.45, 2.75) is 19.9 Å². The Balaban J connectivity index is 1.45. The second-order valence-electron chi connectivity index (χ2n) is 9.56. The van der Waals surface area contributed by atoms with Crippen LogP contribution in [-0.4, -0.2) is 53.7 Å². The zero-order valence-electron chi connectivity index (χ0n) is 21.3. The standard InChI is InChI=1S/C27H27ClFN7O2/c1-13-16(10-32-26-24(13)31-5-7-38-26)20-21(28)25-17(23(30)22(20)29)11-33-27(35-25)34-18-8-15-12-36(2)6-4-14(15)9-19(18)37-3/h8-11,31H,4-7,12,30H2,1-3H3,(H,33,34,35). The molecule has 38 heavy (non-hydrogen) atoms. The first-order valence-corrected chi connectivity index (χ1v) is 12.7. The first-order valence-electron chi connectivity index (χ1n) is 12.3. The molecule has 0 radical (unpaired) electrons. The molecular weight excluding hydrogens is 509 g/mol. The molecule has 4 aromatic rings. The summed E-state index contributed by atoms with van der Waals surface area (Å²) in [6.45, 7) is 4.83. The van der Waals surface area contributed by atoms with Gasteiger partial charge in [0.25, 0.3) is 0 Å². The number of methoxy groups -OCH3 is 1. The summed E-state index contributed by atoms with van der Waals surface area (Å²) in [4.78, 5) is 15.7. The van der Waals surface area contributed by atoms with Crippen LogP contribution in [0.5, 0.6) is 11.6 Å². The Morgan fingerprint density at radius 3 is 2.89 bits per heavy atom. The topological polar surface area (TPSA) is 110 Å². The quantitative estimate of drug-likeness (QED) is 0.313. The van der Waals surface area contributed by atoms with Crippen molar-refractivity contribution >= 4 is 45.5 Å². The maximum absolute atomic E-state index is 15.6. The molecule has 0 amide bonds. The first-order chi connectivity index (χ1) is 18.4. The van der Waals surface area contributed by atoms with E-state index in [4.69, 9.17) is 26.8 Å². The van der Waals surface area contributed by atoms with Crippen molar-refractivity contribution in [3.05, 3.63) is 52.1 Å². The molecule has 196 valence electrons. The Hall–Kier alpha value is -3.89. The van der Waals surface area contributed by atoms with Crippen molar-refractivity contribution in [1.29, 1.82) is 0 Å². The van der Waals surface area contributed by atoms with E-state index in [9.17, 15) is 0 Å². The number of nitrogens with two attached hydrogens (primary N) is 1. The summed E-state index contributed by atoms with van der Waals surface area (Å²) in [5, 5.41) is 6.97. The molecule has 2 aromatic heterocycles. The van der Waals surface area contributed by atoms with Gasteiger partial charge in [-0.3, -0.25) is 0 Å². The lowest BCUT2D eigenvalue weighted by Gasteiger charge is -2.26. The molecule has 4 N–H and O–H groups in total. The molecule has 4 heterocycles. The number of nitrogen functional groups attached to an aromatic ring is 1. The monoisotopic (exact) mass is 535 g/mol. The molecule has 0 atom stereocenters. The average molecular weight is 536 g/mol. The van der Waals surface area contributed by atoms with Crippen LogP contribution in [0.15, 0.2) is 24.5 Å². The third-order valence-corrected chi connectivity index (χ3v) is 7.52. The summed E-state index contributed by atoms with van der Waals surface area (Å²) in [6.07, 6.45) is 3.98. The number of rotatable bonds is 4. The van der Waals surface area contributed by atoms with Gasteiger partial charge in [0, 0.05) is 48.5 Å². The fourth-order valence-electron chi connectivity index (χ4n) is 5.10. The van der Waals surface area contributed by atoms with Gasteiger partial charge >= 0.3 is 0 Å². The molecule has 9 nitrogen and oxygen atoms in total. The van der Waals surface area contributed by atoms with E-state index in [1.807, 2.05) is 13.0 Å². The molecule has 6 rings (SSSR count). The second kappa shape index (κ2) is 9.45. The van der Waals surface area contributed by atoms with Crippen molar-refractivity contribution in [1.82, 2.24) is 19.9 Å². The van der Waals surface area contributed by atoms with E-state index in [-0.39, 0.29) is 22.2 Å². The summed E-state index contributed by atoms with van der Waals surface area (Å²) >= 11 is 6.83. The number of nitrogens with zero attached hydrogens (tertiary/aromatic N) is 4. The summed E-state index contributed by atoms with van der Waals surface area (Å²) in [7, 11) is 3.73. The van der Waals surface area contributed by atoms with Crippen LogP contribution in [0.25, 0.3) is 22.0 Å². The largest absolute Gasteiger partial charge is 0.495 e. The van der Waals surface area contributed by atoms with E-state index in [1.54, 1.807) is 13.3 Å².